The van der Waals surface area contributed by atoms with Crippen LogP contribution in [0.3, 0.4) is 0 Å². The van der Waals surface area contributed by atoms with Crippen LogP contribution in [0.1, 0.15) is 54.0 Å². The third kappa shape index (κ3) is 4.35. The van der Waals surface area contributed by atoms with Gasteiger partial charge < -0.3 is 9.80 Å². The summed E-state index contributed by atoms with van der Waals surface area (Å²) in [5.74, 6) is 0.539. The molecule has 0 amide bonds. The molecule has 2 heteroatoms. The molecule has 0 radical (unpaired) electrons. The van der Waals surface area contributed by atoms with Crippen LogP contribution in [0.25, 0.3) is 21.5 Å². The molecule has 2 aliphatic rings. The first-order valence-electron chi connectivity index (χ1n) is 15.0. The van der Waals surface area contributed by atoms with Gasteiger partial charge >= 0.3 is 0 Å². The van der Waals surface area contributed by atoms with Crippen LogP contribution < -0.4 is 9.80 Å². The van der Waals surface area contributed by atoms with Crippen molar-refractivity contribution in [2.45, 2.75) is 51.9 Å². The third-order valence-electron chi connectivity index (χ3n) is 9.59. The zero-order valence-corrected chi connectivity index (χ0v) is 24.4. The second kappa shape index (κ2) is 9.70. The van der Waals surface area contributed by atoms with Gasteiger partial charge in [-0.05, 0) is 100 Å². The smallest absolute Gasteiger partial charge is 0.0397 e. The zero-order valence-electron chi connectivity index (χ0n) is 24.4. The summed E-state index contributed by atoms with van der Waals surface area (Å²) in [6.45, 7) is 13.6. The highest BCUT2D eigenvalue weighted by molar-refractivity contribution is 6.09. The van der Waals surface area contributed by atoms with Gasteiger partial charge in [0.05, 0.1) is 0 Å². The van der Waals surface area contributed by atoms with Gasteiger partial charge in [0.15, 0.2) is 0 Å². The summed E-state index contributed by atoms with van der Waals surface area (Å²) < 4.78 is 0. The van der Waals surface area contributed by atoms with Crippen LogP contribution >= 0.6 is 0 Å². The Morgan fingerprint density at radius 3 is 2.27 bits per heavy atom. The van der Waals surface area contributed by atoms with Gasteiger partial charge in [-0.25, -0.2) is 0 Å². The Hall–Kier alpha value is -3.78. The highest BCUT2D eigenvalue weighted by atomic mass is 15.3. The van der Waals surface area contributed by atoms with E-state index in [1.54, 1.807) is 5.56 Å². The van der Waals surface area contributed by atoms with E-state index in [1.807, 2.05) is 0 Å². The van der Waals surface area contributed by atoms with Gasteiger partial charge in [0.1, 0.15) is 0 Å². The Balaban J connectivity index is 1.14. The molecule has 1 fully saturated rings. The van der Waals surface area contributed by atoms with Gasteiger partial charge in [0.25, 0.3) is 0 Å². The molecular formula is C38H40N2. The molecule has 0 saturated carbocycles. The minimum absolute atomic E-state index is 0.119. The molecule has 1 heterocycles. The van der Waals surface area contributed by atoms with E-state index in [2.05, 4.69) is 128 Å². The average Bonchev–Trinajstić information content (AvgIpc) is 2.96. The maximum absolute atomic E-state index is 2.59. The SMILES string of the molecule is Cc1ccc(N2CCN(c3cccc(C4Cc5ccc6c(ccc7ccccc76)c5C(C)(C)C4)c3)CC2)c(C)c1. The molecule has 0 bridgehead atoms. The maximum atomic E-state index is 2.59. The largest absolute Gasteiger partial charge is 0.368 e. The van der Waals surface area contributed by atoms with Gasteiger partial charge in [0.2, 0.25) is 0 Å². The molecule has 0 spiro atoms. The number of nitrogens with zero attached hydrogens (tertiary/aromatic N) is 2. The summed E-state index contributed by atoms with van der Waals surface area (Å²) in [5.41, 5.74) is 10.2. The molecule has 0 aromatic heterocycles. The van der Waals surface area contributed by atoms with Crippen molar-refractivity contribution < 1.29 is 0 Å². The van der Waals surface area contributed by atoms with Crippen LogP contribution in [-0.2, 0) is 11.8 Å². The monoisotopic (exact) mass is 524 g/mol. The number of benzene rings is 5. The summed E-state index contributed by atoms with van der Waals surface area (Å²) in [6, 6.07) is 34.6. The van der Waals surface area contributed by atoms with Crippen molar-refractivity contribution in [2.24, 2.45) is 0 Å². The molecule has 1 unspecified atom stereocenters. The normalized spacial score (nSPS) is 18.8. The molecule has 1 aliphatic heterocycles. The Morgan fingerprint density at radius 2 is 1.45 bits per heavy atom. The molecule has 40 heavy (non-hydrogen) atoms. The number of hydrogen-bond donors (Lipinski definition) is 0. The molecular weight excluding hydrogens is 484 g/mol. The first kappa shape index (κ1) is 25.2. The lowest BCUT2D eigenvalue weighted by Gasteiger charge is -2.40. The summed E-state index contributed by atoms with van der Waals surface area (Å²) in [6.07, 6.45) is 2.29. The standard InChI is InChI=1S/C38H40N2/c1-26-12-17-36(27(2)22-26)40-20-18-39(19-21-40)32-10-7-9-29(24-32)31-23-30-14-15-34-33-11-6-5-8-28(33)13-16-35(34)37(30)38(3,4)25-31/h5-17,22,24,31H,18-21,23,25H2,1-4H3. The second-order valence-electron chi connectivity index (χ2n) is 12.8. The van der Waals surface area contributed by atoms with Crippen molar-refractivity contribution in [3.63, 3.8) is 0 Å². The number of rotatable bonds is 3. The van der Waals surface area contributed by atoms with E-state index < -0.39 is 0 Å². The molecule has 1 saturated heterocycles. The molecule has 1 atom stereocenters. The van der Waals surface area contributed by atoms with Crippen LogP contribution in [0.4, 0.5) is 11.4 Å². The summed E-state index contributed by atoms with van der Waals surface area (Å²) >= 11 is 0. The van der Waals surface area contributed by atoms with Gasteiger partial charge in [-0.2, -0.15) is 0 Å². The molecule has 1 aliphatic carbocycles. The molecule has 2 nitrogen and oxygen atoms in total. The lowest BCUT2D eigenvalue weighted by atomic mass is 9.65. The summed E-state index contributed by atoms with van der Waals surface area (Å²) in [5, 5.41) is 5.53. The minimum Gasteiger partial charge on any atom is -0.368 e. The molecule has 5 aromatic rings. The van der Waals surface area contributed by atoms with Crippen molar-refractivity contribution in [3.8, 4) is 0 Å². The molecule has 0 N–H and O–H groups in total. The molecule has 7 rings (SSSR count). The van der Waals surface area contributed by atoms with Crippen LogP contribution in [0.5, 0.6) is 0 Å². The summed E-state index contributed by atoms with van der Waals surface area (Å²) in [4.78, 5) is 5.15. The van der Waals surface area contributed by atoms with Crippen LogP contribution in [0.15, 0.2) is 91.0 Å². The Kier molecular flexibility index (Phi) is 6.11. The lowest BCUT2D eigenvalue weighted by molar-refractivity contribution is 0.395. The fraction of sp³-hybridized carbons (Fsp3) is 0.316. The Labute approximate surface area is 239 Å². The Bertz CT molecular complexity index is 1720. The van der Waals surface area contributed by atoms with E-state index in [4.69, 9.17) is 0 Å². The van der Waals surface area contributed by atoms with Crippen molar-refractivity contribution in [1.82, 2.24) is 0 Å². The number of piperazine rings is 1. The molecule has 5 aromatic carbocycles. The third-order valence-corrected chi connectivity index (χ3v) is 9.59. The summed E-state index contributed by atoms with van der Waals surface area (Å²) in [7, 11) is 0. The van der Waals surface area contributed by atoms with E-state index in [0.29, 0.717) is 5.92 Å². The van der Waals surface area contributed by atoms with Gasteiger partial charge in [-0.15, -0.1) is 0 Å². The van der Waals surface area contributed by atoms with E-state index in [0.717, 1.165) is 32.6 Å². The lowest BCUT2D eigenvalue weighted by Crippen LogP contribution is -2.46. The maximum Gasteiger partial charge on any atom is 0.0397 e. The zero-order chi connectivity index (χ0) is 27.4. The van der Waals surface area contributed by atoms with Crippen LogP contribution in [0, 0.1) is 13.8 Å². The van der Waals surface area contributed by atoms with E-state index in [-0.39, 0.29) is 5.41 Å². The fourth-order valence-electron chi connectivity index (χ4n) is 7.74. The average molecular weight is 525 g/mol. The topological polar surface area (TPSA) is 6.48 Å². The number of fused-ring (bicyclic) bond motifs is 5. The van der Waals surface area contributed by atoms with Crippen molar-refractivity contribution in [3.05, 3.63) is 119 Å². The van der Waals surface area contributed by atoms with Crippen molar-refractivity contribution >= 4 is 32.9 Å². The van der Waals surface area contributed by atoms with Gasteiger partial charge in [0, 0.05) is 37.6 Å². The van der Waals surface area contributed by atoms with E-state index >= 15 is 0 Å². The predicted molar refractivity (Wildman–Crippen MR) is 172 cm³/mol. The van der Waals surface area contributed by atoms with Crippen LogP contribution in [0.2, 0.25) is 0 Å². The number of aryl methyl sites for hydroxylation is 2. The first-order valence-corrected chi connectivity index (χ1v) is 15.0. The van der Waals surface area contributed by atoms with Gasteiger partial charge in [-0.1, -0.05) is 92.2 Å². The highest BCUT2D eigenvalue weighted by Gasteiger charge is 2.35. The van der Waals surface area contributed by atoms with Crippen molar-refractivity contribution in [2.75, 3.05) is 36.0 Å². The van der Waals surface area contributed by atoms with Crippen LogP contribution in [-0.4, -0.2) is 26.2 Å². The predicted octanol–water partition coefficient (Wildman–Crippen LogP) is 8.94. The van der Waals surface area contributed by atoms with E-state index in [1.165, 1.54) is 61.6 Å². The minimum atomic E-state index is 0.119. The fourth-order valence-corrected chi connectivity index (χ4v) is 7.74. The quantitative estimate of drug-likeness (QED) is 0.217. The first-order chi connectivity index (χ1) is 19.4. The number of anilines is 2. The highest BCUT2D eigenvalue weighted by Crippen LogP contribution is 2.47. The molecule has 202 valence electrons. The number of hydrogen-bond acceptors (Lipinski definition) is 2. The van der Waals surface area contributed by atoms with Gasteiger partial charge in [-0.3, -0.25) is 0 Å². The Morgan fingerprint density at radius 1 is 0.675 bits per heavy atom. The van der Waals surface area contributed by atoms with Crippen molar-refractivity contribution in [1.29, 1.82) is 0 Å². The van der Waals surface area contributed by atoms with E-state index in [9.17, 15) is 0 Å². The second-order valence-corrected chi connectivity index (χ2v) is 12.8.